The number of hydrogen-bond donors (Lipinski definition) is 3. The molecule has 3 N–H and O–H groups in total. The van der Waals surface area contributed by atoms with Crippen LogP contribution in [0.4, 0.5) is 5.69 Å². The quantitative estimate of drug-likeness (QED) is 0.595. The van der Waals surface area contributed by atoms with Gasteiger partial charge in [-0.25, -0.2) is 9.89 Å². The van der Waals surface area contributed by atoms with Crippen LogP contribution in [0.25, 0.3) is 0 Å². The maximum atomic E-state index is 12.3. The maximum absolute atomic E-state index is 12.3. The minimum Gasteiger partial charge on any atom is -0.346 e. The molecule has 0 bridgehead atoms. The summed E-state index contributed by atoms with van der Waals surface area (Å²) in [4.78, 5) is 36.1. The zero-order valence-electron chi connectivity index (χ0n) is 16.0. The average Bonchev–Trinajstić information content (AvgIpc) is 2.96. The molecule has 0 fully saturated rings. The van der Waals surface area contributed by atoms with Crippen LogP contribution in [0, 0.1) is 13.8 Å². The van der Waals surface area contributed by atoms with Gasteiger partial charge in [0.25, 0.3) is 0 Å². The number of hydrogen-bond acceptors (Lipinski definition) is 5. The summed E-state index contributed by atoms with van der Waals surface area (Å²) in [6.07, 6.45) is 0.784. The SMILES string of the molecule is CCCn1c(S[C@@H](C)C(=O)NCC(=O)Nc2c(C)cccc2C)n[nH]c1=O. The van der Waals surface area contributed by atoms with Crippen LogP contribution in [0.1, 0.15) is 31.4 Å². The van der Waals surface area contributed by atoms with Crippen molar-refractivity contribution in [3.63, 3.8) is 0 Å². The highest BCUT2D eigenvalue weighted by Crippen LogP contribution is 2.20. The number of thioether (sulfide) groups is 1. The summed E-state index contributed by atoms with van der Waals surface area (Å²) in [6, 6.07) is 5.76. The molecule has 8 nitrogen and oxygen atoms in total. The molecule has 1 atom stereocenters. The van der Waals surface area contributed by atoms with E-state index < -0.39 is 5.25 Å². The lowest BCUT2D eigenvalue weighted by Gasteiger charge is -2.14. The van der Waals surface area contributed by atoms with Gasteiger partial charge in [-0.2, -0.15) is 0 Å². The van der Waals surface area contributed by atoms with Crippen LogP contribution in [0.15, 0.2) is 28.2 Å². The van der Waals surface area contributed by atoms with Crippen LogP contribution in [0.5, 0.6) is 0 Å². The van der Waals surface area contributed by atoms with Gasteiger partial charge in [0, 0.05) is 12.2 Å². The number of carbonyl (C=O) groups excluding carboxylic acids is 2. The lowest BCUT2D eigenvalue weighted by Crippen LogP contribution is -2.37. The number of rotatable bonds is 8. The zero-order valence-corrected chi connectivity index (χ0v) is 16.8. The van der Waals surface area contributed by atoms with Gasteiger partial charge in [-0.1, -0.05) is 36.9 Å². The van der Waals surface area contributed by atoms with E-state index in [0.29, 0.717) is 11.7 Å². The Labute approximate surface area is 162 Å². The second-order valence-electron chi connectivity index (χ2n) is 6.26. The Hall–Kier alpha value is -2.55. The summed E-state index contributed by atoms with van der Waals surface area (Å²) in [6.45, 7) is 7.90. The van der Waals surface area contributed by atoms with Gasteiger partial charge in [-0.3, -0.25) is 14.2 Å². The average molecular weight is 391 g/mol. The number of para-hydroxylation sites is 1. The van der Waals surface area contributed by atoms with Gasteiger partial charge in [0.05, 0.1) is 11.8 Å². The Kier molecular flexibility index (Phi) is 7.23. The Morgan fingerprint density at radius 2 is 1.96 bits per heavy atom. The molecule has 27 heavy (non-hydrogen) atoms. The van der Waals surface area contributed by atoms with Crippen LogP contribution < -0.4 is 16.3 Å². The number of nitrogens with zero attached hydrogens (tertiary/aromatic N) is 2. The third kappa shape index (κ3) is 5.46. The first kappa shape index (κ1) is 20.8. The third-order valence-corrected chi connectivity index (χ3v) is 5.08. The summed E-state index contributed by atoms with van der Waals surface area (Å²) in [5.74, 6) is -0.587. The van der Waals surface area contributed by atoms with Crippen molar-refractivity contribution in [1.82, 2.24) is 20.1 Å². The monoisotopic (exact) mass is 391 g/mol. The summed E-state index contributed by atoms with van der Waals surface area (Å²) < 4.78 is 1.50. The standard InChI is InChI=1S/C18H25N5O3S/c1-5-9-23-17(26)21-22-18(23)27-13(4)16(25)19-10-14(24)20-15-11(2)7-6-8-12(15)3/h6-8,13H,5,9-10H2,1-4H3,(H,19,25)(H,20,24)(H,21,26)/t13-/m0/s1. The highest BCUT2D eigenvalue weighted by molar-refractivity contribution is 8.00. The van der Waals surface area contributed by atoms with Crippen molar-refractivity contribution in [3.05, 3.63) is 39.8 Å². The third-order valence-electron chi connectivity index (χ3n) is 3.99. The molecular formula is C18H25N5O3S. The topological polar surface area (TPSA) is 109 Å². The van der Waals surface area contributed by atoms with Crippen LogP contribution in [0.2, 0.25) is 0 Å². The van der Waals surface area contributed by atoms with Gasteiger partial charge in [-0.15, -0.1) is 5.10 Å². The summed E-state index contributed by atoms with van der Waals surface area (Å²) in [5.41, 5.74) is 2.40. The van der Waals surface area contributed by atoms with Gasteiger partial charge >= 0.3 is 5.69 Å². The van der Waals surface area contributed by atoms with Crippen molar-refractivity contribution in [2.75, 3.05) is 11.9 Å². The largest absolute Gasteiger partial charge is 0.346 e. The molecule has 9 heteroatoms. The van der Waals surface area contributed by atoms with Crippen molar-refractivity contribution in [1.29, 1.82) is 0 Å². The van der Waals surface area contributed by atoms with E-state index in [2.05, 4.69) is 20.8 Å². The molecule has 0 unspecified atom stereocenters. The van der Waals surface area contributed by atoms with Gasteiger partial charge in [0.2, 0.25) is 11.8 Å². The van der Waals surface area contributed by atoms with E-state index in [0.717, 1.165) is 23.2 Å². The molecule has 0 spiro atoms. The summed E-state index contributed by atoms with van der Waals surface area (Å²) >= 11 is 1.18. The van der Waals surface area contributed by atoms with E-state index in [9.17, 15) is 14.4 Å². The first-order valence-corrected chi connectivity index (χ1v) is 9.67. The van der Waals surface area contributed by atoms with Crippen LogP contribution >= 0.6 is 11.8 Å². The van der Waals surface area contributed by atoms with Crippen molar-refractivity contribution in [3.8, 4) is 0 Å². The second kappa shape index (κ2) is 9.40. The smallest absolute Gasteiger partial charge is 0.343 e. The van der Waals surface area contributed by atoms with Gasteiger partial charge in [0.15, 0.2) is 5.16 Å². The fraction of sp³-hybridized carbons (Fsp3) is 0.444. The molecule has 1 aromatic heterocycles. The first-order valence-electron chi connectivity index (χ1n) is 8.79. The predicted molar refractivity (Wildman–Crippen MR) is 106 cm³/mol. The number of carbonyl (C=O) groups is 2. The Balaban J connectivity index is 1.89. The number of H-pyrrole nitrogens is 1. The molecule has 0 radical (unpaired) electrons. The number of benzene rings is 1. The number of nitrogens with one attached hydrogen (secondary N) is 3. The first-order chi connectivity index (χ1) is 12.8. The molecule has 2 amide bonds. The van der Waals surface area contributed by atoms with Crippen molar-refractivity contribution >= 4 is 29.3 Å². The van der Waals surface area contributed by atoms with Crippen LogP contribution in [-0.2, 0) is 16.1 Å². The number of aryl methyl sites for hydroxylation is 2. The molecule has 0 aliphatic heterocycles. The molecule has 2 rings (SSSR count). The van der Waals surface area contributed by atoms with E-state index >= 15 is 0 Å². The highest BCUT2D eigenvalue weighted by Gasteiger charge is 2.19. The van der Waals surface area contributed by atoms with Crippen molar-refractivity contribution in [2.45, 2.75) is 51.1 Å². The highest BCUT2D eigenvalue weighted by atomic mass is 32.2. The van der Waals surface area contributed by atoms with E-state index in [-0.39, 0.29) is 24.0 Å². The molecule has 0 saturated heterocycles. The van der Waals surface area contributed by atoms with E-state index in [1.807, 2.05) is 39.0 Å². The van der Waals surface area contributed by atoms with Crippen molar-refractivity contribution < 1.29 is 9.59 Å². The minimum absolute atomic E-state index is 0.125. The fourth-order valence-electron chi connectivity index (χ4n) is 2.53. The maximum Gasteiger partial charge on any atom is 0.343 e. The van der Waals surface area contributed by atoms with E-state index in [1.54, 1.807) is 6.92 Å². The zero-order chi connectivity index (χ0) is 20.0. The number of amides is 2. The number of anilines is 1. The molecule has 146 valence electrons. The van der Waals surface area contributed by atoms with Gasteiger partial charge < -0.3 is 10.6 Å². The van der Waals surface area contributed by atoms with E-state index in [4.69, 9.17) is 0 Å². The van der Waals surface area contributed by atoms with Crippen LogP contribution in [0.3, 0.4) is 0 Å². The molecule has 1 heterocycles. The molecule has 0 aliphatic rings. The normalized spacial score (nSPS) is 11.9. The Morgan fingerprint density at radius 3 is 2.59 bits per heavy atom. The molecular weight excluding hydrogens is 366 g/mol. The predicted octanol–water partition coefficient (Wildman–Crippen LogP) is 1.83. The van der Waals surface area contributed by atoms with Gasteiger partial charge in [0.1, 0.15) is 0 Å². The van der Waals surface area contributed by atoms with Gasteiger partial charge in [-0.05, 0) is 38.3 Å². The minimum atomic E-state index is -0.496. The summed E-state index contributed by atoms with van der Waals surface area (Å²) in [7, 11) is 0. The molecule has 0 saturated carbocycles. The number of aromatic nitrogens is 3. The number of aromatic amines is 1. The molecule has 2 aromatic rings. The fourth-order valence-corrected chi connectivity index (χ4v) is 3.44. The lowest BCUT2D eigenvalue weighted by molar-refractivity contribution is -0.123. The molecule has 0 aliphatic carbocycles. The Morgan fingerprint density at radius 1 is 1.30 bits per heavy atom. The summed E-state index contributed by atoms with van der Waals surface area (Å²) in [5, 5.41) is 11.8. The Bertz CT molecular complexity index is 854. The van der Waals surface area contributed by atoms with Crippen LogP contribution in [-0.4, -0.2) is 38.4 Å². The molecule has 1 aromatic carbocycles. The lowest BCUT2D eigenvalue weighted by atomic mass is 10.1. The second-order valence-corrected chi connectivity index (χ2v) is 7.56. The van der Waals surface area contributed by atoms with E-state index in [1.165, 1.54) is 16.3 Å². The van der Waals surface area contributed by atoms with Crippen molar-refractivity contribution in [2.24, 2.45) is 0 Å².